The zero-order valence-corrected chi connectivity index (χ0v) is 15.8. The van der Waals surface area contributed by atoms with Gasteiger partial charge in [-0.3, -0.25) is 4.79 Å². The molecule has 1 unspecified atom stereocenters. The Labute approximate surface area is 158 Å². The average molecular weight is 382 g/mol. The summed E-state index contributed by atoms with van der Waals surface area (Å²) in [5.74, 6) is -0.0182. The molecule has 1 N–H and O–H groups in total. The molecule has 1 amide bonds. The average Bonchev–Trinajstić information content (AvgIpc) is 3.00. The number of hydrogen-bond acceptors (Lipinski definition) is 3. The Hall–Kier alpha value is -2.60. The number of aromatic amines is 1. The van der Waals surface area contributed by atoms with E-state index >= 15 is 0 Å². The van der Waals surface area contributed by atoms with Gasteiger partial charge >= 0.3 is 0 Å². The first-order chi connectivity index (χ1) is 13.0. The predicted molar refractivity (Wildman–Crippen MR) is 106 cm³/mol. The van der Waals surface area contributed by atoms with Crippen LogP contribution in [0.4, 0.5) is 0 Å². The number of rotatable bonds is 3. The van der Waals surface area contributed by atoms with Crippen LogP contribution in [0.5, 0.6) is 0 Å². The number of amides is 1. The van der Waals surface area contributed by atoms with Gasteiger partial charge in [-0.15, -0.1) is 0 Å². The van der Waals surface area contributed by atoms with Gasteiger partial charge in [-0.2, -0.15) is 0 Å². The number of carbonyl (C=O) groups excluding carboxylic acids is 1. The standard InChI is InChI=1S/C21H22N2O3S/c24-21(14-17-15-22-19-9-5-4-8-18(17)19)23-11-10-20(27(25,26)13-12-23)16-6-2-1-3-7-16/h1-9,15,20,22H,10-14H2. The zero-order valence-electron chi connectivity index (χ0n) is 15.0. The third-order valence-corrected chi connectivity index (χ3v) is 7.41. The predicted octanol–water partition coefficient (Wildman–Crippen LogP) is 3.10. The molecule has 0 spiro atoms. The van der Waals surface area contributed by atoms with Crippen LogP contribution in [0.3, 0.4) is 0 Å². The normalized spacial score (nSPS) is 19.7. The highest BCUT2D eigenvalue weighted by Crippen LogP contribution is 2.29. The highest BCUT2D eigenvalue weighted by Gasteiger charge is 2.32. The number of fused-ring (bicyclic) bond motifs is 1. The summed E-state index contributed by atoms with van der Waals surface area (Å²) >= 11 is 0. The van der Waals surface area contributed by atoms with Crippen LogP contribution in [-0.4, -0.2) is 43.1 Å². The maximum atomic E-state index is 12.8. The van der Waals surface area contributed by atoms with Crippen LogP contribution in [0.2, 0.25) is 0 Å². The van der Waals surface area contributed by atoms with Gasteiger partial charge in [-0.25, -0.2) is 8.42 Å². The Bertz CT molecular complexity index is 1060. The van der Waals surface area contributed by atoms with Gasteiger partial charge in [0.05, 0.1) is 17.4 Å². The zero-order chi connectivity index (χ0) is 18.9. The van der Waals surface area contributed by atoms with Crippen molar-refractivity contribution in [1.82, 2.24) is 9.88 Å². The molecule has 1 aliphatic heterocycles. The van der Waals surface area contributed by atoms with E-state index < -0.39 is 15.1 Å². The van der Waals surface area contributed by atoms with Crippen LogP contribution < -0.4 is 0 Å². The van der Waals surface area contributed by atoms with Crippen molar-refractivity contribution in [1.29, 1.82) is 0 Å². The number of H-pyrrole nitrogens is 1. The van der Waals surface area contributed by atoms with Gasteiger partial charge in [0, 0.05) is 30.2 Å². The highest BCUT2D eigenvalue weighted by atomic mass is 32.2. The Balaban J connectivity index is 1.51. The second-order valence-corrected chi connectivity index (χ2v) is 9.28. The monoisotopic (exact) mass is 382 g/mol. The molecule has 3 aromatic rings. The molecule has 4 rings (SSSR count). The minimum absolute atomic E-state index is 0.00614. The molecule has 1 atom stereocenters. The van der Waals surface area contributed by atoms with E-state index in [2.05, 4.69) is 4.98 Å². The second-order valence-electron chi connectivity index (χ2n) is 6.97. The van der Waals surface area contributed by atoms with Crippen molar-refractivity contribution in [3.05, 3.63) is 71.9 Å². The molecule has 140 valence electrons. The molecule has 0 aliphatic carbocycles. The lowest BCUT2D eigenvalue weighted by atomic mass is 10.1. The fourth-order valence-electron chi connectivity index (χ4n) is 3.79. The lowest BCUT2D eigenvalue weighted by Crippen LogP contribution is -2.34. The minimum Gasteiger partial charge on any atom is -0.361 e. The van der Waals surface area contributed by atoms with E-state index in [1.165, 1.54) is 0 Å². The molecule has 0 saturated carbocycles. The molecule has 1 saturated heterocycles. The summed E-state index contributed by atoms with van der Waals surface area (Å²) in [6.45, 7) is 0.715. The molecule has 1 aromatic heterocycles. The van der Waals surface area contributed by atoms with Crippen LogP contribution in [-0.2, 0) is 21.1 Å². The van der Waals surface area contributed by atoms with Crippen molar-refractivity contribution in [2.75, 3.05) is 18.8 Å². The third-order valence-electron chi connectivity index (χ3n) is 5.28. The molecule has 2 heterocycles. The molecule has 0 bridgehead atoms. The smallest absolute Gasteiger partial charge is 0.227 e. The molecular formula is C21H22N2O3S. The number of carbonyl (C=O) groups is 1. The number of aromatic nitrogens is 1. The fourth-order valence-corrected chi connectivity index (χ4v) is 5.58. The van der Waals surface area contributed by atoms with E-state index in [9.17, 15) is 13.2 Å². The van der Waals surface area contributed by atoms with Crippen LogP contribution in [0.25, 0.3) is 10.9 Å². The number of sulfone groups is 1. The van der Waals surface area contributed by atoms with E-state index in [0.29, 0.717) is 13.0 Å². The number of nitrogens with one attached hydrogen (secondary N) is 1. The molecule has 27 heavy (non-hydrogen) atoms. The van der Waals surface area contributed by atoms with Crippen LogP contribution in [0.15, 0.2) is 60.8 Å². The summed E-state index contributed by atoms with van der Waals surface area (Å²) in [7, 11) is -3.28. The first-order valence-electron chi connectivity index (χ1n) is 9.14. The SMILES string of the molecule is O=C(Cc1c[nH]c2ccccc12)N1CCC(c2ccccc2)S(=O)(=O)CC1. The second kappa shape index (κ2) is 7.19. The van der Waals surface area contributed by atoms with E-state index in [1.54, 1.807) is 4.90 Å². The molecule has 1 fully saturated rings. The number of hydrogen-bond donors (Lipinski definition) is 1. The van der Waals surface area contributed by atoms with E-state index in [4.69, 9.17) is 0 Å². The molecule has 5 nitrogen and oxygen atoms in total. The van der Waals surface area contributed by atoms with Gasteiger partial charge in [0.25, 0.3) is 0 Å². The first-order valence-corrected chi connectivity index (χ1v) is 10.9. The van der Waals surface area contributed by atoms with Crippen LogP contribution >= 0.6 is 0 Å². The minimum atomic E-state index is -3.28. The molecular weight excluding hydrogens is 360 g/mol. The highest BCUT2D eigenvalue weighted by molar-refractivity contribution is 7.91. The molecule has 2 aromatic carbocycles. The van der Waals surface area contributed by atoms with Crippen molar-refractivity contribution >= 4 is 26.6 Å². The lowest BCUT2D eigenvalue weighted by molar-refractivity contribution is -0.130. The topological polar surface area (TPSA) is 70.2 Å². The summed E-state index contributed by atoms with van der Waals surface area (Å²) in [6, 6.07) is 17.2. The van der Waals surface area contributed by atoms with Crippen molar-refractivity contribution in [3.8, 4) is 0 Å². The van der Waals surface area contributed by atoms with Gasteiger partial charge in [-0.05, 0) is 23.6 Å². The summed E-state index contributed by atoms with van der Waals surface area (Å²) in [4.78, 5) is 17.7. The largest absolute Gasteiger partial charge is 0.361 e. The number of nitrogens with zero attached hydrogens (tertiary/aromatic N) is 1. The Morgan fingerprint density at radius 2 is 1.78 bits per heavy atom. The van der Waals surface area contributed by atoms with Crippen LogP contribution in [0.1, 0.15) is 22.8 Å². The van der Waals surface area contributed by atoms with E-state index in [-0.39, 0.29) is 24.6 Å². The van der Waals surface area contributed by atoms with Crippen molar-refractivity contribution in [3.63, 3.8) is 0 Å². The van der Waals surface area contributed by atoms with Crippen molar-refractivity contribution in [2.24, 2.45) is 0 Å². The van der Waals surface area contributed by atoms with Crippen LogP contribution in [0, 0.1) is 0 Å². The quantitative estimate of drug-likeness (QED) is 0.757. The Kier molecular flexibility index (Phi) is 4.74. The van der Waals surface area contributed by atoms with Gasteiger partial charge in [0.2, 0.25) is 5.91 Å². The lowest BCUT2D eigenvalue weighted by Gasteiger charge is -2.20. The maximum absolute atomic E-state index is 12.8. The third kappa shape index (κ3) is 3.62. The number of benzene rings is 2. The summed E-state index contributed by atoms with van der Waals surface area (Å²) in [5.41, 5.74) is 2.76. The molecule has 0 radical (unpaired) electrons. The summed E-state index contributed by atoms with van der Waals surface area (Å²) < 4.78 is 25.4. The molecule has 1 aliphatic rings. The Morgan fingerprint density at radius 3 is 2.59 bits per heavy atom. The van der Waals surface area contributed by atoms with Crippen molar-refractivity contribution < 1.29 is 13.2 Å². The van der Waals surface area contributed by atoms with Gasteiger partial charge in [-0.1, -0.05) is 48.5 Å². The first kappa shape index (κ1) is 17.8. The summed E-state index contributed by atoms with van der Waals surface area (Å²) in [6.07, 6.45) is 2.58. The van der Waals surface area contributed by atoms with Gasteiger partial charge in [0.1, 0.15) is 0 Å². The number of para-hydroxylation sites is 1. The summed E-state index contributed by atoms with van der Waals surface area (Å²) in [5, 5.41) is 0.500. The van der Waals surface area contributed by atoms with Gasteiger partial charge in [0.15, 0.2) is 9.84 Å². The molecule has 6 heteroatoms. The Morgan fingerprint density at radius 1 is 1.04 bits per heavy atom. The van der Waals surface area contributed by atoms with Crippen molar-refractivity contribution in [2.45, 2.75) is 18.1 Å². The van der Waals surface area contributed by atoms with E-state index in [0.717, 1.165) is 22.0 Å². The van der Waals surface area contributed by atoms with E-state index in [1.807, 2.05) is 60.8 Å². The maximum Gasteiger partial charge on any atom is 0.227 e. The fraction of sp³-hybridized carbons (Fsp3) is 0.286. The van der Waals surface area contributed by atoms with Gasteiger partial charge < -0.3 is 9.88 Å².